The van der Waals surface area contributed by atoms with E-state index < -0.39 is 17.9 Å². The van der Waals surface area contributed by atoms with Crippen LogP contribution in [-0.4, -0.2) is 28.9 Å². The Morgan fingerprint density at radius 3 is 0.692 bits per heavy atom. The summed E-state index contributed by atoms with van der Waals surface area (Å²) in [6.07, 6.45) is 0. The van der Waals surface area contributed by atoms with Crippen molar-refractivity contribution >= 4 is 28.9 Å². The Hall–Kier alpha value is -1.37. The van der Waals surface area contributed by atoms with Crippen LogP contribution in [0.1, 0.15) is 20.8 Å². The molecule has 6 nitrogen and oxygen atoms in total. The smallest absolute Gasteiger partial charge is 0.550 e. The van der Waals surface area contributed by atoms with Gasteiger partial charge in [-0.3, -0.25) is 0 Å². The van der Waals surface area contributed by atoms with Crippen molar-refractivity contribution in [3.05, 3.63) is 0 Å². The summed E-state index contributed by atoms with van der Waals surface area (Å²) >= 11 is 0. The minimum absolute atomic E-state index is 0. The maximum absolute atomic E-state index is 8.89. The maximum atomic E-state index is 8.89. The van der Waals surface area contributed by atoms with E-state index in [0.29, 0.717) is 0 Å². The zero-order valence-electron chi connectivity index (χ0n) is 7.45. The van der Waals surface area contributed by atoms with Crippen molar-refractivity contribution in [2.24, 2.45) is 0 Å². The van der Waals surface area contributed by atoms with Gasteiger partial charge < -0.3 is 29.7 Å². The van der Waals surface area contributed by atoms with Crippen molar-refractivity contribution in [2.45, 2.75) is 20.8 Å². The molecule has 0 saturated carbocycles. The SMILES string of the molecule is CC(=O)[O-].CC(=O)[O-].CC(=O)[O-].[Si+3]. The minimum Gasteiger partial charge on any atom is -0.550 e. The zero-order chi connectivity index (χ0) is 10.7. The summed E-state index contributed by atoms with van der Waals surface area (Å²) in [6.45, 7) is 2.92. The van der Waals surface area contributed by atoms with Gasteiger partial charge in [0.15, 0.2) is 0 Å². The first-order valence-corrected chi connectivity index (χ1v) is 2.72. The van der Waals surface area contributed by atoms with E-state index in [9.17, 15) is 0 Å². The molecule has 1 radical (unpaired) electrons. The molecule has 0 aliphatic heterocycles. The first-order valence-electron chi connectivity index (χ1n) is 2.72. The molecule has 0 unspecified atom stereocenters. The number of aliphatic carboxylic acids is 3. The van der Waals surface area contributed by atoms with Crippen LogP contribution in [0.15, 0.2) is 0 Å². The third-order valence-corrected chi connectivity index (χ3v) is 0. The van der Waals surface area contributed by atoms with Crippen molar-refractivity contribution < 1.29 is 29.7 Å². The van der Waals surface area contributed by atoms with Crippen molar-refractivity contribution in [3.8, 4) is 0 Å². The summed E-state index contributed by atoms with van der Waals surface area (Å²) in [5.74, 6) is -3.25. The quantitative estimate of drug-likeness (QED) is 0.370. The van der Waals surface area contributed by atoms with E-state index in [2.05, 4.69) is 0 Å². The first kappa shape index (κ1) is 22.6. The molecule has 0 atom stereocenters. The molecular formula is C6H9O6Si. The van der Waals surface area contributed by atoms with Crippen molar-refractivity contribution in [3.63, 3.8) is 0 Å². The molecule has 0 aliphatic rings. The van der Waals surface area contributed by atoms with E-state index in [1.165, 1.54) is 0 Å². The first-order chi connectivity index (χ1) is 5.20. The third kappa shape index (κ3) is 419. The van der Waals surface area contributed by atoms with Gasteiger partial charge in [0.1, 0.15) is 0 Å². The molecule has 0 aromatic rings. The van der Waals surface area contributed by atoms with Crippen LogP contribution in [0.2, 0.25) is 0 Å². The van der Waals surface area contributed by atoms with Crippen LogP contribution >= 0.6 is 0 Å². The molecule has 0 fully saturated rings. The fourth-order valence-corrected chi connectivity index (χ4v) is 0. The van der Waals surface area contributed by atoms with Gasteiger partial charge in [0.2, 0.25) is 0 Å². The third-order valence-electron chi connectivity index (χ3n) is 0. The van der Waals surface area contributed by atoms with Gasteiger partial charge in [-0.15, -0.1) is 0 Å². The number of rotatable bonds is 0. The molecule has 0 heterocycles. The number of carbonyl (C=O) groups is 3. The molecule has 0 bridgehead atoms. The number of carboxylic acids is 3. The maximum Gasteiger partial charge on any atom is 3.00 e. The minimum atomic E-state index is -1.08. The number of hydrogen-bond acceptors (Lipinski definition) is 6. The second-order valence-corrected chi connectivity index (χ2v) is 1.47. The summed E-state index contributed by atoms with van der Waals surface area (Å²) in [7, 11) is 0. The van der Waals surface area contributed by atoms with Crippen LogP contribution in [0.5, 0.6) is 0 Å². The van der Waals surface area contributed by atoms with Crippen LogP contribution in [0.4, 0.5) is 0 Å². The Kier molecular flexibility index (Phi) is 29.4. The number of hydrogen-bond donors (Lipinski definition) is 0. The fourth-order valence-electron chi connectivity index (χ4n) is 0. The largest absolute Gasteiger partial charge is 3.00 e. The van der Waals surface area contributed by atoms with E-state index in [4.69, 9.17) is 29.7 Å². The fraction of sp³-hybridized carbons (Fsp3) is 0.500. The molecule has 0 aliphatic carbocycles. The normalized spacial score (nSPS) is 5.77. The van der Waals surface area contributed by atoms with Crippen LogP contribution in [-0.2, 0) is 14.4 Å². The summed E-state index contributed by atoms with van der Waals surface area (Å²) in [6, 6.07) is 0. The van der Waals surface area contributed by atoms with Gasteiger partial charge in [0.05, 0.1) is 0 Å². The molecule has 0 aromatic carbocycles. The average molecular weight is 205 g/mol. The van der Waals surface area contributed by atoms with Gasteiger partial charge in [0, 0.05) is 17.9 Å². The van der Waals surface area contributed by atoms with Crippen LogP contribution in [0, 0.1) is 0 Å². The predicted molar refractivity (Wildman–Crippen MR) is 37.8 cm³/mol. The molecule has 13 heavy (non-hydrogen) atoms. The Bertz CT molecular complexity index is 115. The van der Waals surface area contributed by atoms with Crippen molar-refractivity contribution in [1.82, 2.24) is 0 Å². The Labute approximate surface area is 80.2 Å². The second-order valence-electron chi connectivity index (χ2n) is 1.47. The molecule has 0 saturated heterocycles. The van der Waals surface area contributed by atoms with Gasteiger partial charge in [-0.25, -0.2) is 0 Å². The average Bonchev–Trinajstić information content (AvgIpc) is 1.54. The van der Waals surface area contributed by atoms with E-state index >= 15 is 0 Å². The molecule has 7 heteroatoms. The number of carboxylic acid groups (broad SMARTS) is 3. The molecule has 0 N–H and O–H groups in total. The molecule has 0 rings (SSSR count). The molecule has 0 amide bonds. The monoisotopic (exact) mass is 205 g/mol. The van der Waals surface area contributed by atoms with E-state index in [0.717, 1.165) is 20.8 Å². The summed E-state index contributed by atoms with van der Waals surface area (Å²) in [5.41, 5.74) is 0. The molecule has 73 valence electrons. The van der Waals surface area contributed by atoms with Gasteiger partial charge in [0.25, 0.3) is 0 Å². The van der Waals surface area contributed by atoms with Gasteiger partial charge in [-0.1, -0.05) is 0 Å². The van der Waals surface area contributed by atoms with E-state index in [1.807, 2.05) is 0 Å². The Morgan fingerprint density at radius 2 is 0.692 bits per heavy atom. The molecule has 0 spiro atoms. The van der Waals surface area contributed by atoms with Crippen molar-refractivity contribution in [2.75, 3.05) is 0 Å². The van der Waals surface area contributed by atoms with Crippen LogP contribution < -0.4 is 15.3 Å². The topological polar surface area (TPSA) is 120 Å². The van der Waals surface area contributed by atoms with Crippen LogP contribution in [0.25, 0.3) is 0 Å². The Morgan fingerprint density at radius 1 is 0.692 bits per heavy atom. The van der Waals surface area contributed by atoms with E-state index in [1.54, 1.807) is 0 Å². The number of carbonyl (C=O) groups excluding carboxylic acids is 3. The summed E-state index contributed by atoms with van der Waals surface area (Å²) in [4.78, 5) is 26.7. The standard InChI is InChI=1S/3C2H4O2.Si/c3*1-2(3)4;/h3*1H3,(H,3,4);/q;;;+3/p-3. The Balaban J connectivity index is -0.0000000450. The molecule has 0 aromatic heterocycles. The summed E-state index contributed by atoms with van der Waals surface area (Å²) < 4.78 is 0. The summed E-state index contributed by atoms with van der Waals surface area (Å²) in [5, 5.41) is 26.7. The van der Waals surface area contributed by atoms with Gasteiger partial charge >= 0.3 is 11.0 Å². The second kappa shape index (κ2) is 16.9. The molecular weight excluding hydrogens is 196 g/mol. The van der Waals surface area contributed by atoms with E-state index in [-0.39, 0.29) is 11.0 Å². The van der Waals surface area contributed by atoms with Crippen LogP contribution in [0.3, 0.4) is 0 Å². The predicted octanol–water partition coefficient (Wildman–Crippen LogP) is -4.11. The van der Waals surface area contributed by atoms with Gasteiger partial charge in [-0.05, 0) is 20.8 Å². The zero-order valence-corrected chi connectivity index (χ0v) is 8.45. The van der Waals surface area contributed by atoms with Crippen molar-refractivity contribution in [1.29, 1.82) is 0 Å². The van der Waals surface area contributed by atoms with Gasteiger partial charge in [-0.2, -0.15) is 0 Å².